The molecule has 25 heavy (non-hydrogen) atoms. The standard InChI is InChI=1S/C17H16ClN3O4/c18-14-7-6-12(10-15(14)21(24)25)11-19-20-17(23)9-8-16(22)13-4-2-1-3-5-13/h1-7,10-11,16,22H,8-9H2,(H,20,23)/b19-11-/t16-/m0/s1. The number of nitrogens with zero attached hydrogens (tertiary/aromatic N) is 2. The average Bonchev–Trinajstić information content (AvgIpc) is 2.61. The van der Waals surface area contributed by atoms with Crippen molar-refractivity contribution < 1.29 is 14.8 Å². The number of nitro groups is 1. The van der Waals surface area contributed by atoms with E-state index in [0.29, 0.717) is 5.56 Å². The van der Waals surface area contributed by atoms with Crippen LogP contribution in [0.25, 0.3) is 0 Å². The molecule has 130 valence electrons. The van der Waals surface area contributed by atoms with Crippen LogP contribution < -0.4 is 5.43 Å². The molecular formula is C17H16ClN3O4. The summed E-state index contributed by atoms with van der Waals surface area (Å²) in [6.45, 7) is 0. The molecule has 0 saturated heterocycles. The fourth-order valence-corrected chi connectivity index (χ4v) is 2.28. The quantitative estimate of drug-likeness (QED) is 0.448. The number of nitro benzene ring substituents is 1. The molecule has 0 radical (unpaired) electrons. The highest BCUT2D eigenvalue weighted by Crippen LogP contribution is 2.24. The van der Waals surface area contributed by atoms with Crippen LogP contribution in [0.15, 0.2) is 53.6 Å². The number of hydrogen-bond acceptors (Lipinski definition) is 5. The van der Waals surface area contributed by atoms with Crippen LogP contribution in [0.1, 0.15) is 30.1 Å². The number of hydrogen-bond donors (Lipinski definition) is 2. The molecule has 0 spiro atoms. The third-order valence-corrected chi connectivity index (χ3v) is 3.72. The lowest BCUT2D eigenvalue weighted by molar-refractivity contribution is -0.384. The summed E-state index contributed by atoms with van der Waals surface area (Å²) in [7, 11) is 0. The van der Waals surface area contributed by atoms with Gasteiger partial charge in [-0.1, -0.05) is 48.0 Å². The van der Waals surface area contributed by atoms with E-state index in [9.17, 15) is 20.0 Å². The Hall–Kier alpha value is -2.77. The SMILES string of the molecule is O=C(CC[C@H](O)c1ccccc1)N/N=C\c1ccc(Cl)c([N+](=O)[O-])c1. The summed E-state index contributed by atoms with van der Waals surface area (Å²) in [6.07, 6.45) is 0.913. The second kappa shape index (κ2) is 8.91. The Labute approximate surface area is 149 Å². The molecule has 2 aromatic carbocycles. The monoisotopic (exact) mass is 361 g/mol. The van der Waals surface area contributed by atoms with Gasteiger partial charge in [-0.3, -0.25) is 14.9 Å². The van der Waals surface area contributed by atoms with E-state index in [0.717, 1.165) is 5.56 Å². The predicted octanol–water partition coefficient (Wildman–Crippen LogP) is 3.21. The minimum Gasteiger partial charge on any atom is -0.388 e. The van der Waals surface area contributed by atoms with Gasteiger partial charge in [-0.15, -0.1) is 0 Å². The number of hydrazone groups is 1. The molecule has 0 unspecified atom stereocenters. The van der Waals surface area contributed by atoms with E-state index in [-0.39, 0.29) is 29.5 Å². The molecule has 2 N–H and O–H groups in total. The van der Waals surface area contributed by atoms with Crippen molar-refractivity contribution in [1.82, 2.24) is 5.43 Å². The molecule has 0 aromatic heterocycles. The van der Waals surface area contributed by atoms with Gasteiger partial charge in [0.1, 0.15) is 5.02 Å². The van der Waals surface area contributed by atoms with Crippen LogP contribution in [0, 0.1) is 10.1 Å². The van der Waals surface area contributed by atoms with Gasteiger partial charge < -0.3 is 5.11 Å². The summed E-state index contributed by atoms with van der Waals surface area (Å²) < 4.78 is 0. The molecule has 0 bridgehead atoms. The number of rotatable bonds is 7. The highest BCUT2D eigenvalue weighted by Gasteiger charge is 2.12. The zero-order chi connectivity index (χ0) is 18.2. The summed E-state index contributed by atoms with van der Waals surface area (Å²) >= 11 is 5.72. The van der Waals surface area contributed by atoms with Crippen molar-refractivity contribution in [1.29, 1.82) is 0 Å². The first-order chi connectivity index (χ1) is 12.0. The molecule has 0 aliphatic heterocycles. The first kappa shape index (κ1) is 18.6. The van der Waals surface area contributed by atoms with Crippen molar-refractivity contribution in [2.45, 2.75) is 18.9 Å². The van der Waals surface area contributed by atoms with Crippen molar-refractivity contribution in [3.05, 3.63) is 74.8 Å². The Morgan fingerprint density at radius 2 is 2.04 bits per heavy atom. The summed E-state index contributed by atoms with van der Waals surface area (Å²) in [5.41, 5.74) is 3.26. The minimum atomic E-state index is -0.727. The Morgan fingerprint density at radius 3 is 2.72 bits per heavy atom. The summed E-state index contributed by atoms with van der Waals surface area (Å²) in [5, 5.41) is 24.6. The van der Waals surface area contributed by atoms with Crippen LogP contribution in [0.5, 0.6) is 0 Å². The van der Waals surface area contributed by atoms with E-state index < -0.39 is 11.0 Å². The molecule has 1 amide bonds. The normalized spacial score (nSPS) is 12.1. The van der Waals surface area contributed by atoms with Gasteiger partial charge in [0.2, 0.25) is 5.91 Å². The van der Waals surface area contributed by atoms with Crippen LogP contribution in [-0.4, -0.2) is 22.2 Å². The van der Waals surface area contributed by atoms with E-state index in [2.05, 4.69) is 10.5 Å². The number of halogens is 1. The van der Waals surface area contributed by atoms with E-state index in [1.807, 2.05) is 18.2 Å². The molecule has 2 aromatic rings. The zero-order valence-corrected chi connectivity index (χ0v) is 13.9. The second-order valence-electron chi connectivity index (χ2n) is 5.23. The maximum atomic E-state index is 11.7. The van der Waals surface area contributed by atoms with Gasteiger partial charge in [-0.2, -0.15) is 5.10 Å². The van der Waals surface area contributed by atoms with Crippen molar-refractivity contribution in [3.8, 4) is 0 Å². The van der Waals surface area contributed by atoms with E-state index >= 15 is 0 Å². The average molecular weight is 362 g/mol. The van der Waals surface area contributed by atoms with Gasteiger partial charge in [0, 0.05) is 18.1 Å². The van der Waals surface area contributed by atoms with E-state index in [1.165, 1.54) is 18.3 Å². The summed E-state index contributed by atoms with van der Waals surface area (Å²) in [5.74, 6) is -0.366. The first-order valence-electron chi connectivity index (χ1n) is 7.46. The Bertz CT molecular complexity index is 781. The number of aliphatic hydroxyl groups excluding tert-OH is 1. The van der Waals surface area contributed by atoms with Crippen LogP contribution in [-0.2, 0) is 4.79 Å². The molecule has 0 fully saturated rings. The highest BCUT2D eigenvalue weighted by molar-refractivity contribution is 6.32. The smallest absolute Gasteiger partial charge is 0.288 e. The largest absolute Gasteiger partial charge is 0.388 e. The lowest BCUT2D eigenvalue weighted by atomic mass is 10.1. The molecule has 2 rings (SSSR count). The fourth-order valence-electron chi connectivity index (χ4n) is 2.09. The number of aliphatic hydroxyl groups is 1. The molecule has 0 heterocycles. The van der Waals surface area contributed by atoms with Crippen LogP contribution in [0.3, 0.4) is 0 Å². The van der Waals surface area contributed by atoms with Gasteiger partial charge in [-0.05, 0) is 18.1 Å². The van der Waals surface area contributed by atoms with Gasteiger partial charge in [-0.25, -0.2) is 5.43 Å². The molecule has 0 aliphatic rings. The molecule has 0 aliphatic carbocycles. The molecular weight excluding hydrogens is 346 g/mol. The second-order valence-corrected chi connectivity index (χ2v) is 5.63. The Kier molecular flexibility index (Phi) is 6.62. The Balaban J connectivity index is 1.84. The number of carbonyl (C=O) groups is 1. The van der Waals surface area contributed by atoms with Gasteiger partial charge in [0.15, 0.2) is 0 Å². The molecule has 1 atom stereocenters. The van der Waals surface area contributed by atoms with Crippen molar-refractivity contribution >= 4 is 29.4 Å². The van der Waals surface area contributed by atoms with E-state index in [4.69, 9.17) is 11.6 Å². The van der Waals surface area contributed by atoms with E-state index in [1.54, 1.807) is 18.2 Å². The maximum Gasteiger partial charge on any atom is 0.288 e. The summed E-state index contributed by atoms with van der Waals surface area (Å²) in [4.78, 5) is 21.9. The minimum absolute atomic E-state index is 0.0288. The van der Waals surface area contributed by atoms with Gasteiger partial charge >= 0.3 is 0 Å². The van der Waals surface area contributed by atoms with Gasteiger partial charge in [0.25, 0.3) is 5.69 Å². The molecule has 0 saturated carbocycles. The zero-order valence-electron chi connectivity index (χ0n) is 13.1. The maximum absolute atomic E-state index is 11.7. The number of amides is 1. The van der Waals surface area contributed by atoms with Crippen molar-refractivity contribution in [3.63, 3.8) is 0 Å². The fraction of sp³-hybridized carbons (Fsp3) is 0.176. The highest BCUT2D eigenvalue weighted by atomic mass is 35.5. The molecule has 7 nitrogen and oxygen atoms in total. The van der Waals surface area contributed by atoms with Gasteiger partial charge in [0.05, 0.1) is 17.2 Å². The summed E-state index contributed by atoms with van der Waals surface area (Å²) in [6, 6.07) is 13.2. The molecule has 8 heteroatoms. The van der Waals surface area contributed by atoms with Crippen LogP contribution >= 0.6 is 11.6 Å². The third kappa shape index (κ3) is 5.66. The lowest BCUT2D eigenvalue weighted by Crippen LogP contribution is -2.18. The number of nitrogens with one attached hydrogen (secondary N) is 1. The topological polar surface area (TPSA) is 105 Å². The number of benzene rings is 2. The lowest BCUT2D eigenvalue weighted by Gasteiger charge is -2.09. The Morgan fingerprint density at radius 1 is 1.32 bits per heavy atom. The number of carbonyl (C=O) groups excluding carboxylic acids is 1. The van der Waals surface area contributed by atoms with Crippen LogP contribution in [0.4, 0.5) is 5.69 Å². The third-order valence-electron chi connectivity index (χ3n) is 3.40. The van der Waals surface area contributed by atoms with Crippen molar-refractivity contribution in [2.24, 2.45) is 5.10 Å². The van der Waals surface area contributed by atoms with Crippen molar-refractivity contribution in [2.75, 3.05) is 0 Å². The predicted molar refractivity (Wildman–Crippen MR) is 94.5 cm³/mol. The van der Waals surface area contributed by atoms with Crippen LogP contribution in [0.2, 0.25) is 5.02 Å². The first-order valence-corrected chi connectivity index (χ1v) is 7.84.